The molecule has 1 aliphatic rings. The molecule has 1 aromatic carbocycles. The van der Waals surface area contributed by atoms with Crippen LogP contribution in [0.2, 0.25) is 0 Å². The van der Waals surface area contributed by atoms with E-state index in [1.165, 1.54) is 11.8 Å². The van der Waals surface area contributed by atoms with E-state index in [0.717, 1.165) is 48.3 Å². The fourth-order valence-electron chi connectivity index (χ4n) is 3.48. The van der Waals surface area contributed by atoms with Gasteiger partial charge in [-0.25, -0.2) is 4.98 Å². The molecule has 2 aromatic rings. The van der Waals surface area contributed by atoms with Crippen molar-refractivity contribution in [1.82, 2.24) is 14.9 Å². The lowest BCUT2D eigenvalue weighted by molar-refractivity contribution is -0.120. The predicted molar refractivity (Wildman–Crippen MR) is 100 cm³/mol. The van der Waals surface area contributed by atoms with Gasteiger partial charge in [-0.1, -0.05) is 43.2 Å². The lowest BCUT2D eigenvalue weighted by Gasteiger charge is -2.31. The van der Waals surface area contributed by atoms with Gasteiger partial charge in [0.2, 0.25) is 5.91 Å². The maximum Gasteiger partial charge on any atom is 0.231 e. The van der Waals surface area contributed by atoms with Crippen LogP contribution in [-0.4, -0.2) is 26.8 Å². The monoisotopic (exact) mass is 356 g/mol. The number of imidazole rings is 1. The van der Waals surface area contributed by atoms with Crippen LogP contribution in [0.3, 0.4) is 0 Å². The quantitative estimate of drug-likeness (QED) is 0.820. The lowest BCUT2D eigenvalue weighted by atomic mass is 9.83. The second kappa shape index (κ2) is 7.49. The Balaban J connectivity index is 1.71. The fraction of sp³-hybridized carbons (Fsp3) is 0.526. The summed E-state index contributed by atoms with van der Waals surface area (Å²) >= 11 is 1.44. The van der Waals surface area contributed by atoms with Crippen LogP contribution in [0.25, 0.3) is 11.0 Å². The topological polar surface area (TPSA) is 70.7 Å². The molecule has 5 nitrogen and oxygen atoms in total. The molecule has 3 rings (SSSR count). The number of carbonyl (C=O) groups excluding carboxylic acids is 1. The molecular formula is C19H24N4OS. The van der Waals surface area contributed by atoms with Crippen LogP contribution in [0, 0.1) is 11.3 Å². The molecule has 0 atom stereocenters. The van der Waals surface area contributed by atoms with Gasteiger partial charge in [-0.2, -0.15) is 5.26 Å². The number of fused-ring (bicyclic) bond motifs is 1. The summed E-state index contributed by atoms with van der Waals surface area (Å²) in [6.07, 6.45) is 4.66. The van der Waals surface area contributed by atoms with Gasteiger partial charge < -0.3 is 9.88 Å². The minimum Gasteiger partial charge on any atom is -0.337 e. The molecule has 0 aliphatic heterocycles. The van der Waals surface area contributed by atoms with Crippen molar-refractivity contribution in [3.8, 4) is 6.07 Å². The van der Waals surface area contributed by atoms with E-state index in [9.17, 15) is 10.1 Å². The van der Waals surface area contributed by atoms with E-state index < -0.39 is 5.54 Å². The largest absolute Gasteiger partial charge is 0.337 e. The van der Waals surface area contributed by atoms with Crippen LogP contribution in [-0.2, 0) is 4.79 Å². The van der Waals surface area contributed by atoms with Crippen molar-refractivity contribution >= 4 is 28.7 Å². The first-order chi connectivity index (χ1) is 12.0. The lowest BCUT2D eigenvalue weighted by Crippen LogP contribution is -2.49. The third-order valence-electron chi connectivity index (χ3n) is 4.71. The Hall–Kier alpha value is -2.00. The molecule has 6 heteroatoms. The van der Waals surface area contributed by atoms with E-state index in [0.29, 0.717) is 0 Å². The number of carbonyl (C=O) groups is 1. The highest BCUT2D eigenvalue weighted by Crippen LogP contribution is 2.29. The van der Waals surface area contributed by atoms with Crippen molar-refractivity contribution in [3.05, 3.63) is 24.3 Å². The Bertz CT molecular complexity index is 799. The molecule has 0 unspecified atom stereocenters. The maximum absolute atomic E-state index is 12.4. The molecule has 0 bridgehead atoms. The van der Waals surface area contributed by atoms with E-state index in [1.807, 2.05) is 18.2 Å². The van der Waals surface area contributed by atoms with Crippen LogP contribution in [0.1, 0.15) is 52.0 Å². The highest BCUT2D eigenvalue weighted by Gasteiger charge is 2.33. The molecule has 0 radical (unpaired) electrons. The molecule has 0 spiro atoms. The minimum atomic E-state index is -0.673. The van der Waals surface area contributed by atoms with Gasteiger partial charge in [-0.15, -0.1) is 0 Å². The maximum atomic E-state index is 12.4. The van der Waals surface area contributed by atoms with Gasteiger partial charge in [0, 0.05) is 6.04 Å². The van der Waals surface area contributed by atoms with Crippen LogP contribution in [0.5, 0.6) is 0 Å². The summed E-state index contributed by atoms with van der Waals surface area (Å²) in [7, 11) is 0. The third kappa shape index (κ3) is 3.82. The second-order valence-electron chi connectivity index (χ2n) is 6.94. The van der Waals surface area contributed by atoms with E-state index in [2.05, 4.69) is 40.9 Å². The Kier molecular flexibility index (Phi) is 5.33. The zero-order chi connectivity index (χ0) is 17.9. The Morgan fingerprint density at radius 3 is 2.76 bits per heavy atom. The zero-order valence-corrected chi connectivity index (χ0v) is 15.6. The summed E-state index contributed by atoms with van der Waals surface area (Å²) in [6.45, 7) is 4.23. The second-order valence-corrected chi connectivity index (χ2v) is 7.88. The fourth-order valence-corrected chi connectivity index (χ4v) is 4.42. The number of hydrogen-bond donors (Lipinski definition) is 1. The first kappa shape index (κ1) is 17.8. The highest BCUT2D eigenvalue weighted by atomic mass is 32.2. The van der Waals surface area contributed by atoms with Crippen molar-refractivity contribution in [3.63, 3.8) is 0 Å². The molecule has 132 valence electrons. The number of amides is 1. The summed E-state index contributed by atoms with van der Waals surface area (Å²) in [5, 5.41) is 13.3. The van der Waals surface area contributed by atoms with Crippen LogP contribution < -0.4 is 5.32 Å². The van der Waals surface area contributed by atoms with Crippen LogP contribution in [0.15, 0.2) is 29.4 Å². The molecule has 1 N–H and O–H groups in total. The van der Waals surface area contributed by atoms with Crippen molar-refractivity contribution in [2.75, 3.05) is 5.75 Å². The molecule has 1 aromatic heterocycles. The number of rotatable bonds is 5. The van der Waals surface area contributed by atoms with E-state index in [-0.39, 0.29) is 17.7 Å². The summed E-state index contributed by atoms with van der Waals surface area (Å²) in [5.74, 6) is 0.190. The number of hydrogen-bond acceptors (Lipinski definition) is 4. The van der Waals surface area contributed by atoms with Gasteiger partial charge in [0.25, 0.3) is 0 Å². The van der Waals surface area contributed by atoms with Crippen molar-refractivity contribution in [2.45, 2.75) is 62.7 Å². The van der Waals surface area contributed by atoms with Gasteiger partial charge in [0.05, 0.1) is 22.9 Å². The van der Waals surface area contributed by atoms with Crippen LogP contribution in [0.4, 0.5) is 0 Å². The molecule has 1 amide bonds. The van der Waals surface area contributed by atoms with E-state index >= 15 is 0 Å². The molecule has 1 saturated carbocycles. The van der Waals surface area contributed by atoms with Gasteiger partial charge in [-0.3, -0.25) is 4.79 Å². The highest BCUT2D eigenvalue weighted by molar-refractivity contribution is 7.99. The van der Waals surface area contributed by atoms with Gasteiger partial charge >= 0.3 is 0 Å². The Morgan fingerprint density at radius 1 is 1.36 bits per heavy atom. The number of aromatic nitrogens is 2. The minimum absolute atomic E-state index is 0.0872. The predicted octanol–water partition coefficient (Wildman–Crippen LogP) is 4.05. The van der Waals surface area contributed by atoms with E-state index in [1.54, 1.807) is 0 Å². The molecule has 0 saturated heterocycles. The molecule has 1 aliphatic carbocycles. The summed E-state index contributed by atoms with van der Waals surface area (Å²) in [6, 6.07) is 10.6. The average Bonchev–Trinajstić information content (AvgIpc) is 2.99. The Morgan fingerprint density at radius 2 is 2.08 bits per heavy atom. The number of nitriles is 1. The first-order valence-electron chi connectivity index (χ1n) is 8.87. The van der Waals surface area contributed by atoms with Gasteiger partial charge in [0.1, 0.15) is 5.54 Å². The van der Waals surface area contributed by atoms with Crippen LogP contribution >= 0.6 is 11.8 Å². The Labute approximate surface area is 152 Å². The SMILES string of the molecule is CC(C)n1c(SCC(=O)NC2(C#N)CCCCC2)nc2ccccc21. The molecule has 1 fully saturated rings. The number of nitrogens with zero attached hydrogens (tertiary/aromatic N) is 3. The standard InChI is InChI=1S/C19H24N4OS/c1-14(2)23-16-9-5-4-8-15(16)21-18(23)25-12-17(24)22-19(13-20)10-6-3-7-11-19/h4-5,8-9,14H,3,6-7,10-12H2,1-2H3,(H,22,24). The molecular weight excluding hydrogens is 332 g/mol. The average molecular weight is 356 g/mol. The third-order valence-corrected chi connectivity index (χ3v) is 5.66. The van der Waals surface area contributed by atoms with Gasteiger partial charge in [0.15, 0.2) is 5.16 Å². The summed E-state index contributed by atoms with van der Waals surface area (Å²) in [5.41, 5.74) is 1.36. The smallest absolute Gasteiger partial charge is 0.231 e. The zero-order valence-electron chi connectivity index (χ0n) is 14.8. The number of para-hydroxylation sites is 2. The van der Waals surface area contributed by atoms with Gasteiger partial charge in [-0.05, 0) is 38.8 Å². The number of nitrogens with one attached hydrogen (secondary N) is 1. The van der Waals surface area contributed by atoms with E-state index in [4.69, 9.17) is 0 Å². The molecule has 1 heterocycles. The number of benzene rings is 1. The van der Waals surface area contributed by atoms with Crippen molar-refractivity contribution < 1.29 is 4.79 Å². The summed E-state index contributed by atoms with van der Waals surface area (Å²) in [4.78, 5) is 17.1. The number of thioether (sulfide) groups is 1. The van der Waals surface area contributed by atoms with Crippen molar-refractivity contribution in [1.29, 1.82) is 5.26 Å². The summed E-state index contributed by atoms with van der Waals surface area (Å²) < 4.78 is 2.16. The first-order valence-corrected chi connectivity index (χ1v) is 9.85. The molecule has 25 heavy (non-hydrogen) atoms. The van der Waals surface area contributed by atoms with Crippen molar-refractivity contribution in [2.24, 2.45) is 0 Å². The normalized spacial score (nSPS) is 16.7.